The van der Waals surface area contributed by atoms with Crippen molar-refractivity contribution in [3.63, 3.8) is 0 Å². The topological polar surface area (TPSA) is 79.7 Å². The Morgan fingerprint density at radius 2 is 1.53 bits per heavy atom. The number of ether oxygens (including phenoxy) is 3. The van der Waals surface area contributed by atoms with E-state index < -0.39 is 34.9 Å². The minimum Gasteiger partial charge on any atom is -0.476 e. The van der Waals surface area contributed by atoms with Crippen LogP contribution < -0.4 is 4.74 Å². The number of halogens is 3. The van der Waals surface area contributed by atoms with Gasteiger partial charge in [-0.1, -0.05) is 0 Å². The zero-order chi connectivity index (χ0) is 26.7. The molecule has 0 radical (unpaired) electrons. The maximum absolute atomic E-state index is 12.7. The number of aromatic nitrogens is 2. The van der Waals surface area contributed by atoms with E-state index in [0.717, 1.165) is 12.1 Å². The summed E-state index contributed by atoms with van der Waals surface area (Å²) < 4.78 is 56.0. The van der Waals surface area contributed by atoms with E-state index in [0.29, 0.717) is 17.0 Å². The summed E-state index contributed by atoms with van der Waals surface area (Å²) in [5.41, 5.74) is -1.38. The predicted molar refractivity (Wildman–Crippen MR) is 125 cm³/mol. The molecule has 36 heavy (non-hydrogen) atoms. The highest BCUT2D eigenvalue weighted by atomic mass is 19.4. The fraction of sp³-hybridized carbons (Fsp3) is 0.346. The molecule has 0 saturated heterocycles. The molecule has 3 aromatic rings. The Balaban J connectivity index is 1.57. The van der Waals surface area contributed by atoms with Gasteiger partial charge in [-0.2, -0.15) is 18.3 Å². The monoisotopic (exact) mass is 504 g/mol. The van der Waals surface area contributed by atoms with E-state index in [1.165, 1.54) is 35.1 Å². The van der Waals surface area contributed by atoms with Gasteiger partial charge in [0.1, 0.15) is 18.0 Å². The molecule has 0 saturated carbocycles. The lowest BCUT2D eigenvalue weighted by Gasteiger charge is -2.29. The van der Waals surface area contributed by atoms with Crippen LogP contribution in [-0.4, -0.2) is 32.9 Å². The van der Waals surface area contributed by atoms with E-state index in [1.807, 2.05) is 0 Å². The molecule has 0 aliphatic heterocycles. The fourth-order valence-corrected chi connectivity index (χ4v) is 3.01. The van der Waals surface area contributed by atoms with Gasteiger partial charge in [-0.05, 0) is 83.1 Å². The number of rotatable bonds is 7. The lowest BCUT2D eigenvalue weighted by atomic mass is 10.1. The smallest absolute Gasteiger partial charge is 0.416 e. The predicted octanol–water partition coefficient (Wildman–Crippen LogP) is 5.75. The van der Waals surface area contributed by atoms with Gasteiger partial charge in [-0.25, -0.2) is 14.3 Å². The van der Waals surface area contributed by atoms with Crippen LogP contribution in [0.2, 0.25) is 0 Å². The molecule has 10 heteroatoms. The van der Waals surface area contributed by atoms with E-state index in [9.17, 15) is 22.8 Å². The van der Waals surface area contributed by atoms with Crippen LogP contribution in [0.3, 0.4) is 0 Å². The molecule has 192 valence electrons. The zero-order valence-electron chi connectivity index (χ0n) is 20.6. The molecule has 1 aromatic heterocycles. The highest BCUT2D eigenvalue weighted by Gasteiger charge is 2.35. The van der Waals surface area contributed by atoms with Crippen molar-refractivity contribution in [3.05, 3.63) is 77.6 Å². The molecule has 2 aromatic carbocycles. The first-order valence-electron chi connectivity index (χ1n) is 11.0. The molecular formula is C26H27F3N2O5. The van der Waals surface area contributed by atoms with Crippen LogP contribution in [0.5, 0.6) is 5.75 Å². The van der Waals surface area contributed by atoms with Crippen molar-refractivity contribution in [3.8, 4) is 11.4 Å². The van der Waals surface area contributed by atoms with E-state index in [1.54, 1.807) is 52.9 Å². The summed E-state index contributed by atoms with van der Waals surface area (Å²) in [5, 5.41) is 4.10. The van der Waals surface area contributed by atoms with E-state index >= 15 is 0 Å². The van der Waals surface area contributed by atoms with Crippen molar-refractivity contribution in [2.45, 2.75) is 58.6 Å². The molecule has 3 rings (SSSR count). The minimum atomic E-state index is -4.42. The zero-order valence-corrected chi connectivity index (χ0v) is 20.6. The molecule has 1 heterocycles. The van der Waals surface area contributed by atoms with E-state index in [2.05, 4.69) is 5.10 Å². The van der Waals surface area contributed by atoms with Crippen LogP contribution in [0.15, 0.2) is 60.9 Å². The molecule has 0 aliphatic carbocycles. The standard InChI is InChI=1S/C26H27F3N2O5/c1-24(2,3)36-23(33)25(4,5)35-21-12-6-18(7-13-21)22(32)34-16-17-14-30-31(15-17)20-10-8-19(9-11-20)26(27,28)29/h6-15H,16H2,1-5H3. The van der Waals surface area contributed by atoms with Crippen LogP contribution in [0.25, 0.3) is 5.69 Å². The first-order valence-corrected chi connectivity index (χ1v) is 11.0. The molecule has 0 N–H and O–H groups in total. The number of carbonyl (C=O) groups excluding carboxylic acids is 2. The lowest BCUT2D eigenvalue weighted by Crippen LogP contribution is -2.43. The number of hydrogen-bond donors (Lipinski definition) is 0. The normalized spacial score (nSPS) is 12.2. The number of carbonyl (C=O) groups is 2. The highest BCUT2D eigenvalue weighted by molar-refractivity contribution is 5.89. The quantitative estimate of drug-likeness (QED) is 0.382. The van der Waals surface area contributed by atoms with Crippen molar-refractivity contribution in [2.75, 3.05) is 0 Å². The summed E-state index contributed by atoms with van der Waals surface area (Å²) >= 11 is 0. The van der Waals surface area contributed by atoms with Gasteiger partial charge in [0.2, 0.25) is 0 Å². The molecule has 7 nitrogen and oxygen atoms in total. The summed E-state index contributed by atoms with van der Waals surface area (Å²) in [5.74, 6) is -0.731. The van der Waals surface area contributed by atoms with Gasteiger partial charge in [-0.15, -0.1) is 0 Å². The van der Waals surface area contributed by atoms with Crippen molar-refractivity contribution >= 4 is 11.9 Å². The second kappa shape index (κ2) is 10.0. The summed E-state index contributed by atoms with van der Waals surface area (Å²) in [6.45, 7) is 8.40. The Hall–Kier alpha value is -3.82. The first-order chi connectivity index (χ1) is 16.6. The third kappa shape index (κ3) is 7.10. The summed E-state index contributed by atoms with van der Waals surface area (Å²) in [7, 11) is 0. The second-order valence-corrected chi connectivity index (χ2v) is 9.55. The second-order valence-electron chi connectivity index (χ2n) is 9.55. The Kier molecular flexibility index (Phi) is 7.47. The summed E-state index contributed by atoms with van der Waals surface area (Å²) in [4.78, 5) is 24.8. The van der Waals surface area contributed by atoms with Gasteiger partial charge in [0.15, 0.2) is 5.60 Å². The Labute approximate surface area is 206 Å². The molecular weight excluding hydrogens is 477 g/mol. The van der Waals surface area contributed by atoms with Crippen molar-refractivity contribution in [1.82, 2.24) is 9.78 Å². The van der Waals surface area contributed by atoms with Crippen LogP contribution in [0.4, 0.5) is 13.2 Å². The van der Waals surface area contributed by atoms with Gasteiger partial charge in [0.05, 0.1) is 23.0 Å². The van der Waals surface area contributed by atoms with E-state index in [4.69, 9.17) is 14.2 Å². The van der Waals surface area contributed by atoms with Crippen LogP contribution in [-0.2, 0) is 27.1 Å². The Bertz CT molecular complexity index is 1210. The molecule has 0 unspecified atom stereocenters. The molecule has 0 amide bonds. The number of benzene rings is 2. The molecule has 0 fully saturated rings. The molecule has 0 atom stereocenters. The SMILES string of the molecule is CC(C)(C)OC(=O)C(C)(C)Oc1ccc(C(=O)OCc2cnn(-c3ccc(C(F)(F)F)cc3)c2)cc1. The fourth-order valence-electron chi connectivity index (χ4n) is 3.01. The average Bonchev–Trinajstić information content (AvgIpc) is 3.25. The van der Waals surface area contributed by atoms with Gasteiger partial charge < -0.3 is 14.2 Å². The average molecular weight is 505 g/mol. The Morgan fingerprint density at radius 1 is 0.917 bits per heavy atom. The number of nitrogens with zero attached hydrogens (tertiary/aromatic N) is 2. The number of esters is 2. The maximum Gasteiger partial charge on any atom is 0.416 e. The van der Waals surface area contributed by atoms with Gasteiger partial charge in [0.25, 0.3) is 0 Å². The van der Waals surface area contributed by atoms with Crippen LogP contribution in [0.1, 0.15) is 56.1 Å². The number of hydrogen-bond acceptors (Lipinski definition) is 6. The molecule has 0 spiro atoms. The third-order valence-electron chi connectivity index (χ3n) is 4.82. The molecule has 0 bridgehead atoms. The van der Waals surface area contributed by atoms with Crippen LogP contribution >= 0.6 is 0 Å². The highest BCUT2D eigenvalue weighted by Crippen LogP contribution is 2.29. The minimum absolute atomic E-state index is 0.0800. The van der Waals surface area contributed by atoms with Crippen molar-refractivity contribution in [1.29, 1.82) is 0 Å². The summed E-state index contributed by atoms with van der Waals surface area (Å²) in [6.07, 6.45) is -1.40. The Morgan fingerprint density at radius 3 is 2.08 bits per heavy atom. The van der Waals surface area contributed by atoms with Crippen LogP contribution in [0, 0.1) is 0 Å². The maximum atomic E-state index is 12.7. The largest absolute Gasteiger partial charge is 0.476 e. The van der Waals surface area contributed by atoms with Gasteiger partial charge in [-0.3, -0.25) is 0 Å². The van der Waals surface area contributed by atoms with Crippen molar-refractivity contribution < 1.29 is 37.0 Å². The lowest BCUT2D eigenvalue weighted by molar-refractivity contribution is -0.170. The molecule has 0 aliphatic rings. The number of alkyl halides is 3. The van der Waals surface area contributed by atoms with E-state index in [-0.39, 0.29) is 12.2 Å². The van der Waals surface area contributed by atoms with Gasteiger partial charge >= 0.3 is 18.1 Å². The van der Waals surface area contributed by atoms with Gasteiger partial charge in [0, 0.05) is 11.8 Å². The summed E-state index contributed by atoms with van der Waals surface area (Å²) in [6, 6.07) is 10.7. The van der Waals surface area contributed by atoms with Crippen molar-refractivity contribution in [2.24, 2.45) is 0 Å². The third-order valence-corrected chi connectivity index (χ3v) is 4.82. The first kappa shape index (κ1) is 26.8.